The summed E-state index contributed by atoms with van der Waals surface area (Å²) in [6.07, 6.45) is 1.17. The zero-order chi connectivity index (χ0) is 24.6. The number of carbonyl (C=O) groups is 2. The molecular formula is C30H26IrNO3-. The van der Waals surface area contributed by atoms with Crippen molar-refractivity contribution in [2.24, 2.45) is 0 Å². The maximum atomic E-state index is 13.4. The molecule has 4 aromatic rings. The molecule has 4 nitrogen and oxygen atoms in total. The number of rotatable bonds is 2. The monoisotopic (exact) mass is 641 g/mol. The average molecular weight is 641 g/mol. The Morgan fingerprint density at radius 2 is 1.66 bits per heavy atom. The summed E-state index contributed by atoms with van der Waals surface area (Å²) in [5.41, 5.74) is 9.37. The van der Waals surface area contributed by atoms with Gasteiger partial charge in [0.15, 0.2) is 11.6 Å². The molecule has 5 rings (SSSR count). The number of fused-ring (bicyclic) bond motifs is 5. The van der Waals surface area contributed by atoms with Crippen molar-refractivity contribution in [3.05, 3.63) is 100 Å². The van der Waals surface area contributed by atoms with Gasteiger partial charge in [-0.1, -0.05) is 50.2 Å². The predicted molar refractivity (Wildman–Crippen MR) is 136 cm³/mol. The largest absolute Gasteiger partial charge is 0.512 e. The topological polar surface area (TPSA) is 67.3 Å². The fourth-order valence-electron chi connectivity index (χ4n) is 4.52. The molecule has 1 N–H and O–H groups in total. The summed E-state index contributed by atoms with van der Waals surface area (Å²) in [4.78, 5) is 28.4. The Balaban J connectivity index is 0.000000378. The van der Waals surface area contributed by atoms with E-state index >= 15 is 0 Å². The van der Waals surface area contributed by atoms with Gasteiger partial charge in [0.25, 0.3) is 0 Å². The summed E-state index contributed by atoms with van der Waals surface area (Å²) in [6, 6.07) is 21.6. The van der Waals surface area contributed by atoms with Crippen molar-refractivity contribution in [1.29, 1.82) is 0 Å². The molecule has 1 aliphatic rings. The minimum absolute atomic E-state index is 0. The molecule has 0 spiro atoms. The van der Waals surface area contributed by atoms with Crippen LogP contribution in [0.4, 0.5) is 0 Å². The molecule has 179 valence electrons. The van der Waals surface area contributed by atoms with Crippen LogP contribution in [0.2, 0.25) is 0 Å². The van der Waals surface area contributed by atoms with Gasteiger partial charge < -0.3 is 5.11 Å². The SMILES string of the molecule is CC(=O)/C=C(/C)O.Cc1[c-]c(-c2nc3ccccc3c3c2-c2cccc(C)c2C3=O)cc(C)c1.[Ir]. The van der Waals surface area contributed by atoms with E-state index < -0.39 is 0 Å². The third-order valence-corrected chi connectivity index (χ3v) is 5.70. The maximum absolute atomic E-state index is 13.4. The number of para-hydroxylation sites is 1. The molecule has 0 aliphatic heterocycles. The summed E-state index contributed by atoms with van der Waals surface area (Å²) in [7, 11) is 0. The van der Waals surface area contributed by atoms with Gasteiger partial charge in [0.1, 0.15) is 0 Å². The molecule has 0 saturated heterocycles. The predicted octanol–water partition coefficient (Wildman–Crippen LogP) is 6.87. The van der Waals surface area contributed by atoms with Gasteiger partial charge in [-0.15, -0.1) is 34.9 Å². The number of benzene rings is 3. The number of ketones is 2. The van der Waals surface area contributed by atoms with Crippen LogP contribution in [0, 0.1) is 26.8 Å². The average Bonchev–Trinajstić information content (AvgIpc) is 3.06. The van der Waals surface area contributed by atoms with Crippen molar-refractivity contribution < 1.29 is 34.8 Å². The second kappa shape index (κ2) is 10.5. The number of aliphatic hydroxyl groups excluding tert-OH is 1. The molecule has 0 fully saturated rings. The molecule has 0 atom stereocenters. The van der Waals surface area contributed by atoms with Crippen LogP contribution in [0.25, 0.3) is 33.3 Å². The van der Waals surface area contributed by atoms with Gasteiger partial charge in [-0.2, -0.15) is 0 Å². The van der Waals surface area contributed by atoms with Crippen LogP contribution in [0.3, 0.4) is 0 Å². The van der Waals surface area contributed by atoms with Gasteiger partial charge in [-0.25, -0.2) is 0 Å². The Bertz CT molecular complexity index is 1480. The summed E-state index contributed by atoms with van der Waals surface area (Å²) in [5, 5.41) is 9.28. The minimum Gasteiger partial charge on any atom is -0.512 e. The third-order valence-electron chi connectivity index (χ3n) is 5.70. The van der Waals surface area contributed by atoms with Crippen molar-refractivity contribution in [2.75, 3.05) is 0 Å². The minimum atomic E-state index is -0.125. The number of nitrogens with zero attached hydrogens (tertiary/aromatic N) is 1. The molecule has 0 unspecified atom stereocenters. The van der Waals surface area contributed by atoms with E-state index in [1.165, 1.54) is 25.5 Å². The number of carbonyl (C=O) groups excluding carboxylic acids is 2. The van der Waals surface area contributed by atoms with Gasteiger partial charge in [-0.05, 0) is 49.2 Å². The number of allylic oxidation sites excluding steroid dienone is 2. The zero-order valence-corrected chi connectivity index (χ0v) is 22.7. The fourth-order valence-corrected chi connectivity index (χ4v) is 4.52. The van der Waals surface area contributed by atoms with Gasteiger partial charge >= 0.3 is 0 Å². The van der Waals surface area contributed by atoms with Crippen molar-refractivity contribution in [3.63, 3.8) is 0 Å². The number of aliphatic hydroxyl groups is 1. The van der Waals surface area contributed by atoms with E-state index in [1.807, 2.05) is 56.3 Å². The van der Waals surface area contributed by atoms with Gasteiger partial charge in [0.05, 0.1) is 11.3 Å². The third kappa shape index (κ3) is 5.17. The van der Waals surface area contributed by atoms with E-state index in [0.29, 0.717) is 0 Å². The van der Waals surface area contributed by atoms with Crippen LogP contribution in [-0.4, -0.2) is 21.7 Å². The molecule has 1 aliphatic carbocycles. The van der Waals surface area contributed by atoms with Crippen molar-refractivity contribution in [3.8, 4) is 22.4 Å². The van der Waals surface area contributed by atoms with Crippen LogP contribution >= 0.6 is 0 Å². The molecular weight excluding hydrogens is 615 g/mol. The van der Waals surface area contributed by atoms with Gasteiger partial charge in [0.2, 0.25) is 0 Å². The van der Waals surface area contributed by atoms with Crippen LogP contribution in [0.5, 0.6) is 0 Å². The Morgan fingerprint density at radius 1 is 0.943 bits per heavy atom. The molecule has 1 aromatic heterocycles. The molecule has 3 aromatic carbocycles. The summed E-state index contributed by atoms with van der Waals surface area (Å²) in [5.74, 6) is 0.0369. The molecule has 0 bridgehead atoms. The maximum Gasteiger partial charge on any atom is 0.194 e. The first-order chi connectivity index (χ1) is 16.2. The number of aromatic nitrogens is 1. The first-order valence-corrected chi connectivity index (χ1v) is 11.1. The first kappa shape index (κ1) is 26.2. The van der Waals surface area contributed by atoms with Crippen LogP contribution in [0.1, 0.15) is 46.5 Å². The van der Waals surface area contributed by atoms with E-state index in [0.717, 1.165) is 55.5 Å². The van der Waals surface area contributed by atoms with E-state index in [-0.39, 0.29) is 37.4 Å². The van der Waals surface area contributed by atoms with Crippen LogP contribution in [-0.2, 0) is 24.9 Å². The van der Waals surface area contributed by atoms with Gasteiger partial charge in [-0.3, -0.25) is 14.6 Å². The normalized spacial score (nSPS) is 11.8. The van der Waals surface area contributed by atoms with Crippen molar-refractivity contribution in [1.82, 2.24) is 4.98 Å². The quantitative estimate of drug-likeness (QED) is 0.130. The number of aryl methyl sites for hydroxylation is 3. The molecule has 1 radical (unpaired) electrons. The van der Waals surface area contributed by atoms with Crippen LogP contribution in [0.15, 0.2) is 66.4 Å². The molecule has 0 saturated carbocycles. The number of hydrogen-bond acceptors (Lipinski definition) is 4. The van der Waals surface area contributed by atoms with Crippen molar-refractivity contribution >= 4 is 22.5 Å². The summed E-state index contributed by atoms with van der Waals surface area (Å²) in [6.45, 7) is 8.97. The molecule has 0 amide bonds. The Morgan fingerprint density at radius 3 is 2.29 bits per heavy atom. The second-order valence-electron chi connectivity index (χ2n) is 8.70. The molecule has 1 heterocycles. The molecule has 5 heteroatoms. The second-order valence-corrected chi connectivity index (χ2v) is 8.70. The first-order valence-electron chi connectivity index (χ1n) is 11.1. The van der Waals surface area contributed by atoms with Crippen molar-refractivity contribution in [2.45, 2.75) is 34.6 Å². The number of pyridine rings is 1. The van der Waals surface area contributed by atoms with Gasteiger partial charge in [0, 0.05) is 42.7 Å². The number of hydrogen-bond donors (Lipinski definition) is 1. The van der Waals surface area contributed by atoms with E-state index in [4.69, 9.17) is 10.1 Å². The summed E-state index contributed by atoms with van der Waals surface area (Å²) >= 11 is 0. The Hall–Kier alpha value is -3.40. The summed E-state index contributed by atoms with van der Waals surface area (Å²) < 4.78 is 0. The Kier molecular flexibility index (Phi) is 7.84. The smallest absolute Gasteiger partial charge is 0.194 e. The fraction of sp³-hybridized carbons (Fsp3) is 0.167. The standard InChI is InChI=1S/C25H18NO.C5H8O2.Ir/c1-14-11-15(2)13-17(12-14)24-22-19-9-6-7-16(3)21(19)25(27)23(22)18-8-4-5-10-20(18)26-24;1-4(6)3-5(2)7;/h4-12H,1-3H3;3,6H,1-2H3;/q-1;;/b;4-3-;. The Labute approximate surface area is 219 Å². The van der Waals surface area contributed by atoms with E-state index in [1.54, 1.807) is 0 Å². The zero-order valence-electron chi connectivity index (χ0n) is 20.3. The van der Waals surface area contributed by atoms with E-state index in [9.17, 15) is 9.59 Å². The molecule has 35 heavy (non-hydrogen) atoms. The van der Waals surface area contributed by atoms with E-state index in [2.05, 4.69) is 25.1 Å². The van der Waals surface area contributed by atoms with Crippen LogP contribution < -0.4 is 0 Å².